The van der Waals surface area contributed by atoms with Crippen molar-refractivity contribution < 1.29 is 13.2 Å². The summed E-state index contributed by atoms with van der Waals surface area (Å²) in [7, 11) is -3.60. The van der Waals surface area contributed by atoms with Crippen LogP contribution >= 0.6 is 11.3 Å². The first-order chi connectivity index (χ1) is 13.6. The van der Waals surface area contributed by atoms with E-state index in [9.17, 15) is 13.2 Å². The van der Waals surface area contributed by atoms with Crippen molar-refractivity contribution in [3.8, 4) is 0 Å². The van der Waals surface area contributed by atoms with Crippen LogP contribution in [0.15, 0.2) is 46.7 Å². The number of hydrogen-bond acceptors (Lipinski definition) is 5. The third-order valence-electron chi connectivity index (χ3n) is 4.77. The highest BCUT2D eigenvalue weighted by Gasteiger charge is 2.24. The number of carbonyl (C=O) groups is 1. The van der Waals surface area contributed by atoms with E-state index in [1.807, 2.05) is 4.90 Å². The molecule has 3 rings (SSSR count). The number of nitrogens with zero attached hydrogens (tertiary/aromatic N) is 2. The first-order valence-electron chi connectivity index (χ1n) is 9.82. The highest BCUT2D eigenvalue weighted by Crippen LogP contribution is 2.16. The predicted molar refractivity (Wildman–Crippen MR) is 117 cm³/mol. The average molecular weight is 436 g/mol. The van der Waals surface area contributed by atoms with Crippen molar-refractivity contribution in [1.82, 2.24) is 14.5 Å². The van der Waals surface area contributed by atoms with Gasteiger partial charge in [0.15, 0.2) is 0 Å². The summed E-state index contributed by atoms with van der Waals surface area (Å²) < 4.78 is 27.4. The Labute approximate surface area is 177 Å². The Morgan fingerprint density at radius 1 is 1.07 bits per heavy atom. The van der Waals surface area contributed by atoms with Gasteiger partial charge in [-0.1, -0.05) is 6.07 Å². The Hall–Kier alpha value is -1.74. The number of amides is 1. The van der Waals surface area contributed by atoms with Crippen LogP contribution in [-0.4, -0.2) is 62.4 Å². The molecule has 0 saturated carbocycles. The standard InChI is InChI=1S/C21H29N3O3S2/c1-21(2,3)22-29(26,27)19-8-6-17(7-9-19)20(25)24-14-12-23(13-15-24)11-10-18-5-4-16-28-18/h4-9,16,22H,10-15H2,1-3H3. The van der Waals surface area contributed by atoms with Gasteiger partial charge in [-0.2, -0.15) is 0 Å². The van der Waals surface area contributed by atoms with E-state index in [0.717, 1.165) is 26.1 Å². The van der Waals surface area contributed by atoms with E-state index in [-0.39, 0.29) is 10.8 Å². The quantitative estimate of drug-likeness (QED) is 0.758. The van der Waals surface area contributed by atoms with Crippen LogP contribution in [0.25, 0.3) is 0 Å². The molecule has 0 bridgehead atoms. The lowest BCUT2D eigenvalue weighted by Crippen LogP contribution is -2.49. The molecular formula is C21H29N3O3S2. The van der Waals surface area contributed by atoms with Crippen LogP contribution in [0.2, 0.25) is 0 Å². The van der Waals surface area contributed by atoms with Crippen LogP contribution in [0.5, 0.6) is 0 Å². The van der Waals surface area contributed by atoms with Crippen LogP contribution in [0.4, 0.5) is 0 Å². The maximum atomic E-state index is 12.8. The molecule has 0 unspecified atom stereocenters. The predicted octanol–water partition coefficient (Wildman–Crippen LogP) is 2.83. The Bertz CT molecular complexity index is 909. The van der Waals surface area contributed by atoms with Gasteiger partial charge in [-0.05, 0) is 62.9 Å². The molecule has 0 aliphatic carbocycles. The van der Waals surface area contributed by atoms with Gasteiger partial charge in [-0.3, -0.25) is 9.69 Å². The normalized spacial score (nSPS) is 16.2. The molecule has 1 saturated heterocycles. The summed E-state index contributed by atoms with van der Waals surface area (Å²) in [6.45, 7) is 9.49. The van der Waals surface area contributed by atoms with Crippen molar-refractivity contribution >= 4 is 27.3 Å². The minimum atomic E-state index is -3.60. The summed E-state index contributed by atoms with van der Waals surface area (Å²) in [5.74, 6) is -0.0457. The number of thiophene rings is 1. The number of carbonyl (C=O) groups excluding carboxylic acids is 1. The van der Waals surface area contributed by atoms with Gasteiger partial charge < -0.3 is 4.90 Å². The van der Waals surface area contributed by atoms with Crippen LogP contribution < -0.4 is 4.72 Å². The molecule has 1 N–H and O–H groups in total. The average Bonchev–Trinajstić information content (AvgIpc) is 3.18. The van der Waals surface area contributed by atoms with Gasteiger partial charge >= 0.3 is 0 Å². The first-order valence-corrected chi connectivity index (χ1v) is 12.2. The van der Waals surface area contributed by atoms with E-state index in [1.54, 1.807) is 44.2 Å². The smallest absolute Gasteiger partial charge is 0.253 e. The van der Waals surface area contributed by atoms with Crippen LogP contribution in [0.1, 0.15) is 36.0 Å². The van der Waals surface area contributed by atoms with Gasteiger partial charge in [-0.25, -0.2) is 13.1 Å². The van der Waals surface area contributed by atoms with Gasteiger partial charge in [0.2, 0.25) is 10.0 Å². The minimum absolute atomic E-state index is 0.0457. The molecular weight excluding hydrogens is 406 g/mol. The molecule has 1 aromatic carbocycles. The Balaban J connectivity index is 1.54. The second kappa shape index (κ2) is 8.95. The van der Waals surface area contributed by atoms with E-state index < -0.39 is 15.6 Å². The zero-order chi connectivity index (χ0) is 21.1. The molecule has 0 spiro atoms. The van der Waals surface area contributed by atoms with Crippen molar-refractivity contribution in [3.05, 3.63) is 52.2 Å². The SMILES string of the molecule is CC(C)(C)NS(=O)(=O)c1ccc(C(=O)N2CCN(CCc3cccs3)CC2)cc1. The maximum Gasteiger partial charge on any atom is 0.253 e. The van der Waals surface area contributed by atoms with E-state index >= 15 is 0 Å². The third kappa shape index (κ3) is 6.12. The second-order valence-corrected chi connectivity index (χ2v) is 11.1. The van der Waals surface area contributed by atoms with Crippen LogP contribution in [-0.2, 0) is 16.4 Å². The van der Waals surface area contributed by atoms with Crippen LogP contribution in [0, 0.1) is 0 Å². The molecule has 1 aliphatic rings. The van der Waals surface area contributed by atoms with E-state index in [1.165, 1.54) is 17.0 Å². The summed E-state index contributed by atoms with van der Waals surface area (Å²) in [4.78, 5) is 18.6. The first kappa shape index (κ1) is 22.0. The summed E-state index contributed by atoms with van der Waals surface area (Å²) in [6, 6.07) is 10.4. The van der Waals surface area contributed by atoms with Gasteiger partial charge in [0.05, 0.1) is 4.90 Å². The summed E-state index contributed by atoms with van der Waals surface area (Å²) in [5, 5.41) is 2.10. The summed E-state index contributed by atoms with van der Waals surface area (Å²) in [5.41, 5.74) is -0.0389. The molecule has 0 atom stereocenters. The van der Waals surface area contributed by atoms with Gasteiger partial charge in [-0.15, -0.1) is 11.3 Å². The highest BCUT2D eigenvalue weighted by atomic mass is 32.2. The second-order valence-electron chi connectivity index (χ2n) is 8.34. The molecule has 0 radical (unpaired) electrons. The molecule has 29 heavy (non-hydrogen) atoms. The molecule has 1 fully saturated rings. The van der Waals surface area contributed by atoms with Crippen molar-refractivity contribution in [2.75, 3.05) is 32.7 Å². The fourth-order valence-electron chi connectivity index (χ4n) is 3.32. The van der Waals surface area contributed by atoms with Crippen molar-refractivity contribution in [2.45, 2.75) is 37.6 Å². The largest absolute Gasteiger partial charge is 0.336 e. The Morgan fingerprint density at radius 3 is 2.28 bits per heavy atom. The van der Waals surface area contributed by atoms with E-state index in [2.05, 4.69) is 27.1 Å². The molecule has 6 nitrogen and oxygen atoms in total. The number of rotatable bonds is 6. The number of sulfonamides is 1. The molecule has 2 heterocycles. The van der Waals surface area contributed by atoms with Gasteiger partial charge in [0.25, 0.3) is 5.91 Å². The van der Waals surface area contributed by atoms with E-state index in [4.69, 9.17) is 0 Å². The molecule has 1 amide bonds. The third-order valence-corrected chi connectivity index (χ3v) is 7.48. The number of benzene rings is 1. The van der Waals surface area contributed by atoms with Crippen molar-refractivity contribution in [1.29, 1.82) is 0 Å². The van der Waals surface area contributed by atoms with Gasteiger partial charge in [0.1, 0.15) is 0 Å². The minimum Gasteiger partial charge on any atom is -0.336 e. The monoisotopic (exact) mass is 435 g/mol. The molecule has 158 valence electrons. The van der Waals surface area contributed by atoms with Gasteiger partial charge in [0, 0.05) is 48.7 Å². The summed E-state index contributed by atoms with van der Waals surface area (Å²) >= 11 is 1.78. The lowest BCUT2D eigenvalue weighted by Gasteiger charge is -2.34. The number of hydrogen-bond donors (Lipinski definition) is 1. The zero-order valence-corrected chi connectivity index (χ0v) is 18.9. The molecule has 1 aliphatic heterocycles. The number of piperazine rings is 1. The lowest BCUT2D eigenvalue weighted by molar-refractivity contribution is 0.0638. The fraction of sp³-hybridized carbons (Fsp3) is 0.476. The molecule has 2 aromatic rings. The Morgan fingerprint density at radius 2 is 1.72 bits per heavy atom. The summed E-state index contributed by atoms with van der Waals surface area (Å²) in [6.07, 6.45) is 1.05. The zero-order valence-electron chi connectivity index (χ0n) is 17.2. The Kier molecular flexibility index (Phi) is 6.78. The van der Waals surface area contributed by atoms with Crippen molar-refractivity contribution in [3.63, 3.8) is 0 Å². The maximum absolute atomic E-state index is 12.8. The highest BCUT2D eigenvalue weighted by molar-refractivity contribution is 7.89. The topological polar surface area (TPSA) is 69.7 Å². The fourth-order valence-corrected chi connectivity index (χ4v) is 5.44. The van der Waals surface area contributed by atoms with E-state index in [0.29, 0.717) is 18.7 Å². The van der Waals surface area contributed by atoms with Crippen molar-refractivity contribution in [2.24, 2.45) is 0 Å². The van der Waals surface area contributed by atoms with Crippen LogP contribution in [0.3, 0.4) is 0 Å². The number of nitrogens with one attached hydrogen (secondary N) is 1. The molecule has 1 aromatic heterocycles. The molecule has 8 heteroatoms. The lowest BCUT2D eigenvalue weighted by atomic mass is 10.1.